The van der Waals surface area contributed by atoms with Crippen LogP contribution in [0.4, 0.5) is 5.82 Å². The van der Waals surface area contributed by atoms with Gasteiger partial charge in [-0.3, -0.25) is 44.0 Å². The zero-order valence-electron chi connectivity index (χ0n) is 64.7. The molecule has 28 nitrogen and oxygen atoms in total. The molecule has 0 atom stereocenters. The van der Waals surface area contributed by atoms with Crippen molar-refractivity contribution in [2.45, 2.75) is 99.2 Å². The second-order valence-corrected chi connectivity index (χ2v) is 30.3. The van der Waals surface area contributed by atoms with E-state index in [-0.39, 0.29) is 36.1 Å². The highest BCUT2D eigenvalue weighted by Crippen LogP contribution is 2.33. The number of benzene rings is 3. The Morgan fingerprint density at radius 2 is 0.957 bits per heavy atom. The normalized spacial score (nSPS) is 11.9. The Morgan fingerprint density at radius 3 is 1.39 bits per heavy atom. The molecule has 0 fully saturated rings. The first-order valence-corrected chi connectivity index (χ1v) is 39.4. The molecule has 3 aliphatic rings. The van der Waals surface area contributed by atoms with Gasteiger partial charge in [-0.05, 0) is 214 Å². The van der Waals surface area contributed by atoms with E-state index in [1.807, 2.05) is 175 Å². The minimum atomic E-state index is -1.40. The number of amides is 3. The van der Waals surface area contributed by atoms with Gasteiger partial charge in [0.2, 0.25) is 5.78 Å². The topological polar surface area (TPSA) is 360 Å². The minimum Gasteiger partial charge on any atom is -0.423 e. The van der Waals surface area contributed by atoms with Crippen molar-refractivity contribution in [2.24, 2.45) is 10.7 Å². The molecule has 0 saturated heterocycles. The number of Topliss-reactive ketones (excluding diaryl/α,β-unsaturated/α-hetero) is 1. The molecule has 115 heavy (non-hydrogen) atoms. The van der Waals surface area contributed by atoms with Crippen molar-refractivity contribution in [1.82, 2.24) is 94.7 Å². The predicted octanol–water partition coefficient (Wildman–Crippen LogP) is 13.9. The smallest absolute Gasteiger partial charge is 0.423 e. The summed E-state index contributed by atoms with van der Waals surface area (Å²) < 4.78 is 9.17. The number of rotatable bonds is 14. The molecule has 0 radical (unpaired) electrons. The highest BCUT2D eigenvalue weighted by molar-refractivity contribution is 9.11. The van der Waals surface area contributed by atoms with Crippen LogP contribution in [0.1, 0.15) is 132 Å². The molecular weight excluding hydrogens is 1720 g/mol. The van der Waals surface area contributed by atoms with E-state index in [0.717, 1.165) is 86.8 Å². The third-order valence-electron chi connectivity index (χ3n) is 16.5. The Morgan fingerprint density at radius 1 is 0.522 bits per heavy atom. The third kappa shape index (κ3) is 25.5. The zero-order chi connectivity index (χ0) is 82.7. The number of pyridine rings is 7. The summed E-state index contributed by atoms with van der Waals surface area (Å²) in [5.41, 5.74) is 17.7. The van der Waals surface area contributed by atoms with Gasteiger partial charge in [-0.2, -0.15) is 0 Å². The summed E-state index contributed by atoms with van der Waals surface area (Å²) in [4.78, 5) is 84.2. The maximum Gasteiger partial charge on any atom is 0.490 e. The lowest BCUT2D eigenvalue weighted by Crippen LogP contribution is -2.29. The van der Waals surface area contributed by atoms with Crippen molar-refractivity contribution in [3.8, 4) is 56.8 Å². The number of ketones is 1. The van der Waals surface area contributed by atoms with Gasteiger partial charge in [0.25, 0.3) is 17.7 Å². The van der Waals surface area contributed by atoms with Crippen LogP contribution in [0.2, 0.25) is 0 Å². The molecule has 16 rings (SSSR count). The molecule has 10 aromatic heterocycles. The molecule has 590 valence electrons. The largest absolute Gasteiger partial charge is 0.490 e. The van der Waals surface area contributed by atoms with E-state index >= 15 is 0 Å². The van der Waals surface area contributed by atoms with Crippen LogP contribution in [-0.4, -0.2) is 158 Å². The van der Waals surface area contributed by atoms with Crippen molar-refractivity contribution in [1.29, 1.82) is 0 Å². The number of halogens is 4. The maximum absolute atomic E-state index is 13.2. The van der Waals surface area contributed by atoms with Crippen molar-refractivity contribution >= 4 is 112 Å². The number of fused-ring (bicyclic) bond motifs is 3. The van der Waals surface area contributed by atoms with Crippen LogP contribution >= 0.6 is 63.7 Å². The van der Waals surface area contributed by atoms with E-state index < -0.39 is 7.12 Å². The minimum absolute atomic E-state index is 0.0146. The summed E-state index contributed by atoms with van der Waals surface area (Å²) in [6.45, 7) is 18.3. The highest BCUT2D eigenvalue weighted by Gasteiger charge is 2.31. The van der Waals surface area contributed by atoms with E-state index in [0.29, 0.717) is 76.4 Å². The average molecular weight is 1810 g/mol. The first-order chi connectivity index (χ1) is 55.2. The summed E-state index contributed by atoms with van der Waals surface area (Å²) in [6, 6.07) is 52.2. The number of nitrogens with two attached hydrogens (primary N) is 1. The monoisotopic (exact) mass is 1800 g/mol. The summed E-state index contributed by atoms with van der Waals surface area (Å²) in [7, 11) is 2.30. The van der Waals surface area contributed by atoms with Crippen molar-refractivity contribution in [2.75, 3.05) is 25.5 Å². The first kappa shape index (κ1) is 87.5. The maximum atomic E-state index is 13.2. The van der Waals surface area contributed by atoms with Crippen molar-refractivity contribution in [3.05, 3.63) is 277 Å². The van der Waals surface area contributed by atoms with Crippen LogP contribution in [0.3, 0.4) is 0 Å². The molecule has 3 aliphatic heterocycles. The Hall–Kier alpha value is -11.5. The SMILES string of the molecule is CC(C)N.CC(C)n1cnnc1-c1cccc(Br)n1.CC(C)n1cnnc1-c1cccc(Br)n1.CC(C)n1cnnc1-c1cccc(N2Cc3ccc(-c4cccnc4)cc3C2=O)n1.CN(C)C=NCC(=O)c1cccc(Br)n1.O=C1NCc2ccc(-c3cccnc3)cc21.O=C1NCc2ccc(Br)cc21.OB(O)c1cccnc1. The fourth-order valence-electron chi connectivity index (χ4n) is 10.9. The molecule has 0 unspecified atom stereocenters. The van der Waals surface area contributed by atoms with E-state index in [1.165, 1.54) is 6.20 Å². The number of aliphatic imine (C=N–C) groups is 1. The fraction of sp³-hybridized carbons (Fsp3) is 0.220. The number of nitrogens with one attached hydrogen (secondary N) is 2. The van der Waals surface area contributed by atoms with Gasteiger partial charge >= 0.3 is 7.12 Å². The Kier molecular flexibility index (Phi) is 32.8. The predicted molar refractivity (Wildman–Crippen MR) is 459 cm³/mol. The Labute approximate surface area is 700 Å². The Bertz CT molecular complexity index is 5310. The van der Waals surface area contributed by atoms with Crippen LogP contribution in [-0.2, 0) is 19.6 Å². The lowest BCUT2D eigenvalue weighted by molar-refractivity contribution is 0.0957. The van der Waals surface area contributed by atoms with Crippen LogP contribution in [0.15, 0.2) is 243 Å². The molecule has 0 saturated carbocycles. The summed E-state index contributed by atoms with van der Waals surface area (Å²) in [5.74, 6) is 2.80. The Balaban J connectivity index is 0.000000157. The first-order valence-electron chi connectivity index (χ1n) is 36.2. The lowest BCUT2D eigenvalue weighted by Gasteiger charge is -2.16. The number of carbonyl (C=O) groups excluding carboxylic acids is 4. The molecule has 3 amide bonds. The van der Waals surface area contributed by atoms with Crippen LogP contribution in [0.5, 0.6) is 0 Å². The van der Waals surface area contributed by atoms with Crippen LogP contribution in [0.25, 0.3) is 56.8 Å². The van der Waals surface area contributed by atoms with Gasteiger partial charge < -0.3 is 45.0 Å². The molecule has 13 aromatic rings. The van der Waals surface area contributed by atoms with Gasteiger partial charge in [-0.15, -0.1) is 30.6 Å². The van der Waals surface area contributed by atoms with E-state index in [2.05, 4.69) is 181 Å². The number of hydrogen-bond acceptors (Lipinski definition) is 21. The number of anilines is 1. The number of nitrogens with zero attached hydrogens (tertiary/aromatic N) is 19. The number of carbonyl (C=O) groups is 4. The number of hydrogen-bond donors (Lipinski definition) is 5. The zero-order valence-corrected chi connectivity index (χ0v) is 71.0. The van der Waals surface area contributed by atoms with Gasteiger partial charge in [-0.25, -0.2) is 19.9 Å². The molecule has 3 aromatic carbocycles. The van der Waals surface area contributed by atoms with Crippen LogP contribution < -0.4 is 26.7 Å². The van der Waals surface area contributed by atoms with E-state index in [1.54, 1.807) is 96.4 Å². The summed E-state index contributed by atoms with van der Waals surface area (Å²) >= 11 is 13.2. The molecule has 33 heteroatoms. The van der Waals surface area contributed by atoms with Gasteiger partial charge in [0.1, 0.15) is 67.9 Å². The van der Waals surface area contributed by atoms with Gasteiger partial charge in [-0.1, -0.05) is 103 Å². The van der Waals surface area contributed by atoms with Gasteiger partial charge in [0, 0.05) is 120 Å². The van der Waals surface area contributed by atoms with Gasteiger partial charge in [0.05, 0.1) is 12.9 Å². The number of aromatic nitrogens is 16. The second-order valence-electron chi connectivity index (χ2n) is 26.9. The lowest BCUT2D eigenvalue weighted by atomic mass is 9.82. The quantitative estimate of drug-likeness (QED) is 0.0222. The van der Waals surface area contributed by atoms with E-state index in [4.69, 9.17) is 20.8 Å². The molecule has 0 aliphatic carbocycles. The molecule has 13 heterocycles. The fourth-order valence-corrected chi connectivity index (χ4v) is 12.3. The molecule has 0 spiro atoms. The van der Waals surface area contributed by atoms with Crippen molar-refractivity contribution < 1.29 is 29.2 Å². The van der Waals surface area contributed by atoms with E-state index in [9.17, 15) is 19.2 Å². The standard InChI is InChI=1S/C23H20N6O.C13H10N2O.2C10H11BrN4.C10H12BrN3O.C8H6BrNO.C5H6BNO2.C3H9N/c1-15(2)29-14-25-27-22(29)20-6-3-7-21(26-20)28-13-18-9-8-16(11-19(18)23(28)30)17-5-4-10-24-12-17;16-13-12-6-9(3-4-11(12)8-15-13)10-2-1-5-14-7-10;2*1-7(2)15-6-12-14-10(15)8-4-3-5-9(11)13-8;1-14(2)7-12-6-9(15)8-4-3-5-10(11)13-8;9-6-2-1-5-4-10-8(11)7(5)3-6;8-6(9)5-2-1-3-7-4-5;1-3(2)4/h3-12,14-15H,13H2,1-2H3;1-7H,8H2,(H,15,16);2*3-7H,1-2H3;3-5,7H,6H2,1-2H3;1-3H,4H2,(H,10,11);1-4,8-9H;3H,4H2,1-2H3. The molecule has 6 N–H and O–H groups in total. The van der Waals surface area contributed by atoms with Gasteiger partial charge in [0.15, 0.2) is 17.5 Å². The average Bonchev–Trinajstić information content (AvgIpc) is 1.63. The summed E-state index contributed by atoms with van der Waals surface area (Å²) in [5, 5.41) is 46.9. The second kappa shape index (κ2) is 43.1. The highest BCUT2D eigenvalue weighted by atomic mass is 79.9. The summed E-state index contributed by atoms with van der Waals surface area (Å²) in [6.07, 6.45) is 16.8. The van der Waals surface area contributed by atoms with Crippen molar-refractivity contribution in [3.63, 3.8) is 0 Å². The van der Waals surface area contributed by atoms with Crippen LogP contribution in [0, 0.1) is 0 Å². The molecular formula is C82H85BBr4N22O6. The molecule has 0 bridgehead atoms. The third-order valence-corrected chi connectivity index (χ3v) is 18.3.